The van der Waals surface area contributed by atoms with Gasteiger partial charge in [0.05, 0.1) is 24.9 Å². The SMILES string of the molecule is CC[C@@H](C)[C@@H](N)C(=O)N[C@H](CCSC)C(=O)N[C@H](CCC(N)=O)C(=O)N[C@H](CC(C)C)C(=O)N[C@H](CC(=O)O)C(=O)N[C@H](CC(C)C)C(=O)N[C@H](CC(C)C)C(=O)N[C@H](Cc1cnc[nH]1)C(=O)N[C@H](CCC(=O)O)C(=O)N[C@H](CC(C)C)C(=O)N[C@H](CCC(N)=O)C(=O)N[C@H](CC(C)C)C(=O)N[C@H](CCC(N)=O)C(=O)N[C@@H](C(=O)O)[C@@H](C)O. The first-order chi connectivity index (χ1) is 55.0. The Labute approximate surface area is 690 Å². The summed E-state index contributed by atoms with van der Waals surface area (Å²) in [4.78, 5) is 264. The quantitative estimate of drug-likeness (QED) is 0.0297. The lowest BCUT2D eigenvalue weighted by Crippen LogP contribution is -2.61. The highest BCUT2D eigenvalue weighted by Crippen LogP contribution is 2.17. The number of imidazole rings is 1. The lowest BCUT2D eigenvalue weighted by molar-refractivity contribution is -0.145. The number of carboxylic acids is 3. The first-order valence-corrected chi connectivity index (χ1v) is 40.8. The second-order valence-corrected chi connectivity index (χ2v) is 32.5. The molecule has 26 N–H and O–H groups in total. The van der Waals surface area contributed by atoms with Crippen LogP contribution in [0.3, 0.4) is 0 Å². The molecule has 16 amide bonds. The van der Waals surface area contributed by atoms with Crippen molar-refractivity contribution in [1.82, 2.24) is 79.1 Å². The highest BCUT2D eigenvalue weighted by atomic mass is 32.2. The Bertz CT molecular complexity index is 3560. The number of nitrogens with two attached hydrogens (primary N) is 4. The molecule has 0 aliphatic carbocycles. The lowest BCUT2D eigenvalue weighted by atomic mass is 9.98. The van der Waals surface area contributed by atoms with Gasteiger partial charge in [0.25, 0.3) is 0 Å². The molecule has 1 heterocycles. The van der Waals surface area contributed by atoms with Gasteiger partial charge < -0.3 is 117 Å². The van der Waals surface area contributed by atoms with Crippen molar-refractivity contribution in [3.63, 3.8) is 0 Å². The fraction of sp³-hybridized carbons (Fsp3) is 0.707. The fourth-order valence-corrected chi connectivity index (χ4v) is 12.3. The van der Waals surface area contributed by atoms with Crippen LogP contribution < -0.4 is 92.1 Å². The van der Waals surface area contributed by atoms with E-state index in [1.165, 1.54) is 24.3 Å². The van der Waals surface area contributed by atoms with Crippen molar-refractivity contribution in [2.24, 2.45) is 58.4 Å². The highest BCUT2D eigenvalue weighted by Gasteiger charge is 2.40. The number of rotatable bonds is 59. The Hall–Kier alpha value is -10.6. The molecule has 1 rings (SSSR count). The van der Waals surface area contributed by atoms with Gasteiger partial charge in [0, 0.05) is 44.0 Å². The number of aromatic nitrogens is 2. The third-order valence-electron chi connectivity index (χ3n) is 18.4. The van der Waals surface area contributed by atoms with Gasteiger partial charge in [0.2, 0.25) is 94.5 Å². The summed E-state index contributed by atoms with van der Waals surface area (Å²) in [6.07, 6.45) is -3.27. The molecule has 118 heavy (non-hydrogen) atoms. The highest BCUT2D eigenvalue weighted by molar-refractivity contribution is 7.98. The minimum atomic E-state index is -1.96. The molecule has 16 atom stereocenters. The van der Waals surface area contributed by atoms with Crippen molar-refractivity contribution in [3.8, 4) is 0 Å². The lowest BCUT2D eigenvalue weighted by Gasteiger charge is -2.29. The largest absolute Gasteiger partial charge is 0.481 e. The summed E-state index contributed by atoms with van der Waals surface area (Å²) in [5.74, 6) is -22.8. The standard InChI is InChI=1S/C75H127N19O23S/c1-15-40(12)60(79)74(115)86-47(24-25-118-14)65(106)82-43(16-20-55(76)96)62(103)89-50(28-37(6)7)71(112)93-54(32-59(101)102)73(114)91-51(29-38(8)9)69(110)90-52(30-39(10)11)70(111)92-53(31-42-33-80-34-81-42)72(113)85-46(19-23-58(99)100)64(105)88-48(26-35(2)3)67(108)83-44(17-21-56(77)97)63(104)87-49(27-36(4)5)68(109)84-45(18-22-57(78)98)66(107)94-61(41(13)95)75(116)117/h33-41,43-54,60-61,95H,15-32,79H2,1-14H3,(H2,76,96)(H2,77,97)(H2,78,98)(H,80,81)(H,82,106)(H,83,108)(H,84,109)(H,85,113)(H,86,115)(H,87,104)(H,88,105)(H,89,103)(H,90,110)(H,91,114)(H,92,111)(H,93,112)(H,94,107)(H,99,100)(H,101,102)(H,116,117)/t40-,41-,43-,44-,45-,46-,47-,48-,49-,50-,51-,52-,53-,54-,60-,61-/m1/s1. The summed E-state index contributed by atoms with van der Waals surface area (Å²) in [5, 5.41) is 71.7. The second kappa shape index (κ2) is 53.7. The van der Waals surface area contributed by atoms with Crippen LogP contribution in [0, 0.1) is 35.5 Å². The van der Waals surface area contributed by atoms with Gasteiger partial charge in [-0.3, -0.25) is 86.3 Å². The van der Waals surface area contributed by atoms with Crippen LogP contribution in [-0.4, -0.2) is 246 Å². The molecule has 0 radical (unpaired) electrons. The number of amides is 16. The van der Waals surface area contributed by atoms with Gasteiger partial charge in [0.1, 0.15) is 72.5 Å². The van der Waals surface area contributed by atoms with Gasteiger partial charge in [0.15, 0.2) is 6.04 Å². The number of aliphatic hydroxyl groups excluding tert-OH is 1. The molecule has 43 heteroatoms. The normalized spacial score (nSPS) is 15.4. The molecule has 0 aromatic carbocycles. The van der Waals surface area contributed by atoms with Crippen LogP contribution in [-0.2, 0) is 97.5 Å². The van der Waals surface area contributed by atoms with E-state index in [0.717, 1.165) is 6.92 Å². The van der Waals surface area contributed by atoms with Gasteiger partial charge in [-0.1, -0.05) is 89.5 Å². The van der Waals surface area contributed by atoms with E-state index in [1.54, 1.807) is 82.4 Å². The van der Waals surface area contributed by atoms with E-state index in [0.29, 0.717) is 12.2 Å². The Kier molecular flexibility index (Phi) is 48.0. The van der Waals surface area contributed by atoms with Crippen molar-refractivity contribution < 1.29 is 112 Å². The number of aliphatic hydroxyl groups is 1. The van der Waals surface area contributed by atoms with Gasteiger partial charge in [-0.05, 0) is 119 Å². The summed E-state index contributed by atoms with van der Waals surface area (Å²) < 4.78 is 0. The van der Waals surface area contributed by atoms with Crippen LogP contribution >= 0.6 is 11.8 Å². The van der Waals surface area contributed by atoms with Crippen LogP contribution in [0.2, 0.25) is 0 Å². The van der Waals surface area contributed by atoms with Crippen molar-refractivity contribution in [3.05, 3.63) is 18.2 Å². The van der Waals surface area contributed by atoms with Gasteiger partial charge in [-0.2, -0.15) is 11.8 Å². The average molecular weight is 1700 g/mol. The number of H-pyrrole nitrogens is 1. The summed E-state index contributed by atoms with van der Waals surface area (Å²) in [7, 11) is 0. The van der Waals surface area contributed by atoms with Crippen LogP contribution in [0.15, 0.2) is 12.5 Å². The van der Waals surface area contributed by atoms with Crippen LogP contribution in [0.1, 0.15) is 198 Å². The number of thioether (sulfide) groups is 1. The molecule has 0 bridgehead atoms. The van der Waals surface area contributed by atoms with Gasteiger partial charge in [-0.15, -0.1) is 0 Å². The molecule has 0 aliphatic heterocycles. The van der Waals surface area contributed by atoms with Crippen LogP contribution in [0.5, 0.6) is 0 Å². The topological polar surface area (TPSA) is 694 Å². The fourth-order valence-electron chi connectivity index (χ4n) is 11.8. The molecule has 1 aromatic rings. The number of carbonyl (C=O) groups is 19. The van der Waals surface area contributed by atoms with E-state index in [1.807, 2.05) is 6.92 Å². The molecule has 0 saturated heterocycles. The van der Waals surface area contributed by atoms with Crippen molar-refractivity contribution in [2.45, 2.75) is 290 Å². The van der Waals surface area contributed by atoms with Gasteiger partial charge in [-0.25, -0.2) is 9.78 Å². The first-order valence-electron chi connectivity index (χ1n) is 39.4. The van der Waals surface area contributed by atoms with Gasteiger partial charge >= 0.3 is 17.9 Å². The number of primary amides is 3. The number of aromatic amines is 1. The Morgan fingerprint density at radius 1 is 0.381 bits per heavy atom. The maximum absolute atomic E-state index is 14.8. The maximum Gasteiger partial charge on any atom is 0.328 e. The van der Waals surface area contributed by atoms with Crippen LogP contribution in [0.25, 0.3) is 0 Å². The molecule has 0 saturated carbocycles. The zero-order valence-corrected chi connectivity index (χ0v) is 70.5. The van der Waals surface area contributed by atoms with E-state index in [4.69, 9.17) is 22.9 Å². The van der Waals surface area contributed by atoms with Crippen molar-refractivity contribution in [2.75, 3.05) is 12.0 Å². The average Bonchev–Trinajstić information content (AvgIpc) is 1.07. The van der Waals surface area contributed by atoms with E-state index in [-0.39, 0.29) is 68.4 Å². The predicted molar refractivity (Wildman–Crippen MR) is 429 cm³/mol. The number of nitrogens with zero attached hydrogens (tertiary/aromatic N) is 1. The number of hydrogen-bond acceptors (Lipinski definition) is 23. The first kappa shape index (κ1) is 105. The molecule has 42 nitrogen and oxygen atoms in total. The third kappa shape index (κ3) is 41.5. The molecule has 0 unspecified atom stereocenters. The number of carboxylic acid groups (broad SMARTS) is 3. The summed E-state index contributed by atoms with van der Waals surface area (Å²) >= 11 is 1.37. The van der Waals surface area contributed by atoms with Crippen molar-refractivity contribution in [1.29, 1.82) is 0 Å². The molecule has 1 aromatic heterocycles. The third-order valence-corrected chi connectivity index (χ3v) is 19.0. The van der Waals surface area contributed by atoms with E-state index in [2.05, 4.69) is 79.1 Å². The molecule has 0 fully saturated rings. The number of carbonyl (C=O) groups excluding carboxylic acids is 16. The summed E-state index contributed by atoms with van der Waals surface area (Å²) in [6.45, 7) is 21.3. The minimum absolute atomic E-state index is 0.0960. The minimum Gasteiger partial charge on any atom is -0.481 e. The van der Waals surface area contributed by atoms with E-state index >= 15 is 0 Å². The van der Waals surface area contributed by atoms with E-state index < -0.39 is 279 Å². The zero-order chi connectivity index (χ0) is 90.1. The molecular formula is C75H127N19O23S. The molecule has 666 valence electrons. The number of aliphatic carboxylic acids is 3. The van der Waals surface area contributed by atoms with E-state index in [9.17, 15) is 112 Å². The monoisotopic (exact) mass is 1690 g/mol. The molecule has 0 aliphatic rings. The molecular weight excluding hydrogens is 1570 g/mol. The Morgan fingerprint density at radius 3 is 0.924 bits per heavy atom. The predicted octanol–water partition coefficient (Wildman–Crippen LogP) is -3.79. The molecule has 0 spiro atoms. The summed E-state index contributed by atoms with van der Waals surface area (Å²) in [5.41, 5.74) is 22.6. The second-order valence-electron chi connectivity index (χ2n) is 31.5. The van der Waals surface area contributed by atoms with Crippen molar-refractivity contribution >= 4 is 124 Å². The Morgan fingerprint density at radius 2 is 0.653 bits per heavy atom. The van der Waals surface area contributed by atoms with Crippen LogP contribution in [0.4, 0.5) is 0 Å². The summed E-state index contributed by atoms with van der Waals surface area (Å²) in [6, 6.07) is -22.3. The Balaban J connectivity index is 3.82. The number of hydrogen-bond donors (Lipinski definition) is 22. The zero-order valence-electron chi connectivity index (χ0n) is 69.7. The maximum atomic E-state index is 14.8. The smallest absolute Gasteiger partial charge is 0.328 e. The number of nitrogens with one attached hydrogen (secondary N) is 14.